The summed E-state index contributed by atoms with van der Waals surface area (Å²) in [5, 5.41) is 0. The number of anilines is 1. The van der Waals surface area contributed by atoms with E-state index in [0.717, 1.165) is 17.4 Å². The van der Waals surface area contributed by atoms with Crippen LogP contribution in [-0.4, -0.2) is 46.7 Å². The highest BCUT2D eigenvalue weighted by Gasteiger charge is 2.28. The van der Waals surface area contributed by atoms with Crippen molar-refractivity contribution in [1.29, 1.82) is 0 Å². The minimum Gasteiger partial charge on any atom is -0.493 e. The standard InChI is InChI=1S/C25H28N2O5S/c1-26(17-19-11-7-5-8-12-19)25(28)21-15-23(31-2)24(32-3)16-22(21)27(33(4,29)30)18-20-13-9-6-10-14-20/h5-16H,17-18H2,1-4H3. The summed E-state index contributed by atoms with van der Waals surface area (Å²) in [7, 11) is 0.878. The lowest BCUT2D eigenvalue weighted by molar-refractivity contribution is 0.0785. The van der Waals surface area contributed by atoms with E-state index in [1.54, 1.807) is 11.9 Å². The van der Waals surface area contributed by atoms with Crippen LogP contribution in [0.3, 0.4) is 0 Å². The Morgan fingerprint density at radius 3 is 1.79 bits per heavy atom. The van der Waals surface area contributed by atoms with Gasteiger partial charge in [-0.25, -0.2) is 8.42 Å². The number of carbonyl (C=O) groups excluding carboxylic acids is 1. The third kappa shape index (κ3) is 5.84. The van der Waals surface area contributed by atoms with Crippen molar-refractivity contribution in [3.8, 4) is 11.5 Å². The zero-order valence-corrected chi connectivity index (χ0v) is 20.0. The molecule has 3 aromatic carbocycles. The third-order valence-corrected chi connectivity index (χ3v) is 6.31. The minimum absolute atomic E-state index is 0.0673. The Morgan fingerprint density at radius 1 is 0.818 bits per heavy atom. The molecule has 0 saturated carbocycles. The SMILES string of the molecule is COc1cc(C(=O)N(C)Cc2ccccc2)c(N(Cc2ccccc2)S(C)(=O)=O)cc1OC. The van der Waals surface area contributed by atoms with Crippen LogP contribution in [0.1, 0.15) is 21.5 Å². The monoisotopic (exact) mass is 468 g/mol. The first-order chi connectivity index (χ1) is 15.7. The van der Waals surface area contributed by atoms with Gasteiger partial charge in [0.25, 0.3) is 5.91 Å². The van der Waals surface area contributed by atoms with Gasteiger partial charge in [-0.3, -0.25) is 9.10 Å². The van der Waals surface area contributed by atoms with Gasteiger partial charge in [-0.2, -0.15) is 0 Å². The Labute approximate surface area is 195 Å². The zero-order valence-electron chi connectivity index (χ0n) is 19.2. The normalized spacial score (nSPS) is 11.0. The molecule has 0 radical (unpaired) electrons. The summed E-state index contributed by atoms with van der Waals surface area (Å²) in [4.78, 5) is 15.1. The van der Waals surface area contributed by atoms with Gasteiger partial charge >= 0.3 is 0 Å². The molecule has 3 rings (SSSR count). The molecule has 174 valence electrons. The number of nitrogens with zero attached hydrogens (tertiary/aromatic N) is 2. The molecule has 1 amide bonds. The summed E-state index contributed by atoms with van der Waals surface area (Å²) >= 11 is 0. The quantitative estimate of drug-likeness (QED) is 0.475. The fraction of sp³-hybridized carbons (Fsp3) is 0.240. The van der Waals surface area contributed by atoms with Crippen LogP contribution >= 0.6 is 0 Å². The Bertz CT molecular complexity index is 1200. The molecule has 0 bridgehead atoms. The van der Waals surface area contributed by atoms with Gasteiger partial charge in [-0.05, 0) is 17.2 Å². The Balaban J connectivity index is 2.10. The average molecular weight is 469 g/mol. The summed E-state index contributed by atoms with van der Waals surface area (Å²) in [6.45, 7) is 0.433. The number of methoxy groups -OCH3 is 2. The van der Waals surface area contributed by atoms with Gasteiger partial charge in [-0.15, -0.1) is 0 Å². The Kier molecular flexibility index (Phi) is 7.60. The number of ether oxygens (including phenoxy) is 2. The van der Waals surface area contributed by atoms with Crippen molar-refractivity contribution < 1.29 is 22.7 Å². The molecule has 0 fully saturated rings. The highest BCUT2D eigenvalue weighted by Crippen LogP contribution is 2.37. The number of rotatable bonds is 9. The average Bonchev–Trinajstić information content (AvgIpc) is 2.81. The van der Waals surface area contributed by atoms with E-state index in [4.69, 9.17) is 9.47 Å². The summed E-state index contributed by atoms with van der Waals surface area (Å²) in [5.41, 5.74) is 2.17. The van der Waals surface area contributed by atoms with E-state index in [1.165, 1.54) is 30.7 Å². The summed E-state index contributed by atoms with van der Waals surface area (Å²) < 4.78 is 37.7. The summed E-state index contributed by atoms with van der Waals surface area (Å²) in [6.07, 6.45) is 1.12. The molecule has 7 nitrogen and oxygen atoms in total. The molecule has 0 aliphatic carbocycles. The fourth-order valence-electron chi connectivity index (χ4n) is 3.51. The summed E-state index contributed by atoms with van der Waals surface area (Å²) in [6, 6.07) is 21.8. The molecule has 0 aromatic heterocycles. The molecule has 0 spiro atoms. The minimum atomic E-state index is -3.74. The van der Waals surface area contributed by atoms with Crippen molar-refractivity contribution in [2.75, 3.05) is 31.8 Å². The van der Waals surface area contributed by atoms with Crippen molar-refractivity contribution in [1.82, 2.24) is 4.90 Å². The van der Waals surface area contributed by atoms with Crippen LogP contribution in [0.2, 0.25) is 0 Å². The molecule has 8 heteroatoms. The first-order valence-corrected chi connectivity index (χ1v) is 12.2. The van der Waals surface area contributed by atoms with E-state index in [9.17, 15) is 13.2 Å². The molecule has 0 saturated heterocycles. The molecule has 0 aliphatic heterocycles. The Hall–Kier alpha value is -3.52. The second-order valence-electron chi connectivity index (χ2n) is 7.63. The smallest absolute Gasteiger partial charge is 0.256 e. The van der Waals surface area contributed by atoms with Gasteiger partial charge in [0.2, 0.25) is 10.0 Å². The van der Waals surface area contributed by atoms with Crippen LogP contribution in [-0.2, 0) is 23.1 Å². The molecule has 33 heavy (non-hydrogen) atoms. The van der Waals surface area contributed by atoms with Crippen molar-refractivity contribution in [3.63, 3.8) is 0 Å². The molecular formula is C25H28N2O5S. The fourth-order valence-corrected chi connectivity index (χ4v) is 4.40. The number of hydrogen-bond acceptors (Lipinski definition) is 5. The van der Waals surface area contributed by atoms with Crippen molar-refractivity contribution in [3.05, 3.63) is 89.5 Å². The predicted octanol–water partition coefficient (Wildman–Crippen LogP) is 3.94. The van der Waals surface area contributed by atoms with Crippen molar-refractivity contribution in [2.45, 2.75) is 13.1 Å². The van der Waals surface area contributed by atoms with Crippen LogP contribution in [0.25, 0.3) is 0 Å². The predicted molar refractivity (Wildman–Crippen MR) is 129 cm³/mol. The molecule has 0 N–H and O–H groups in total. The topological polar surface area (TPSA) is 76.2 Å². The van der Waals surface area contributed by atoms with Gasteiger partial charge in [0.05, 0.1) is 38.3 Å². The van der Waals surface area contributed by atoms with Gasteiger partial charge in [-0.1, -0.05) is 60.7 Å². The van der Waals surface area contributed by atoms with E-state index >= 15 is 0 Å². The molecule has 3 aromatic rings. The van der Waals surface area contributed by atoms with Gasteiger partial charge in [0.15, 0.2) is 11.5 Å². The lowest BCUT2D eigenvalue weighted by Crippen LogP contribution is -2.33. The van der Waals surface area contributed by atoms with Crippen molar-refractivity contribution >= 4 is 21.6 Å². The van der Waals surface area contributed by atoms with Gasteiger partial charge in [0, 0.05) is 19.7 Å². The number of amides is 1. The maximum Gasteiger partial charge on any atom is 0.256 e. The first-order valence-electron chi connectivity index (χ1n) is 10.3. The third-order valence-electron chi connectivity index (χ3n) is 5.18. The van der Waals surface area contributed by atoms with Crippen LogP contribution in [0.4, 0.5) is 5.69 Å². The molecule has 0 aliphatic rings. The number of benzene rings is 3. The van der Waals surface area contributed by atoms with Crippen LogP contribution in [0.5, 0.6) is 11.5 Å². The highest BCUT2D eigenvalue weighted by molar-refractivity contribution is 7.92. The lowest BCUT2D eigenvalue weighted by Gasteiger charge is -2.27. The van der Waals surface area contributed by atoms with E-state index in [-0.39, 0.29) is 23.7 Å². The lowest BCUT2D eigenvalue weighted by atomic mass is 10.1. The first kappa shape index (κ1) is 24.1. The molecule has 0 heterocycles. The molecule has 0 atom stereocenters. The second-order valence-corrected chi connectivity index (χ2v) is 9.53. The van der Waals surface area contributed by atoms with Gasteiger partial charge < -0.3 is 14.4 Å². The maximum absolute atomic E-state index is 13.5. The summed E-state index contributed by atoms with van der Waals surface area (Å²) in [5.74, 6) is 0.332. The van der Waals surface area contributed by atoms with Crippen LogP contribution < -0.4 is 13.8 Å². The van der Waals surface area contributed by atoms with E-state index < -0.39 is 10.0 Å². The largest absolute Gasteiger partial charge is 0.493 e. The Morgan fingerprint density at radius 2 is 1.30 bits per heavy atom. The van der Waals surface area contributed by atoms with Gasteiger partial charge in [0.1, 0.15) is 0 Å². The molecule has 0 unspecified atom stereocenters. The van der Waals surface area contributed by atoms with E-state index in [1.807, 2.05) is 60.7 Å². The number of hydrogen-bond donors (Lipinski definition) is 0. The van der Waals surface area contributed by atoms with E-state index in [0.29, 0.717) is 18.0 Å². The van der Waals surface area contributed by atoms with E-state index in [2.05, 4.69) is 0 Å². The maximum atomic E-state index is 13.5. The van der Waals surface area contributed by atoms with Crippen LogP contribution in [0, 0.1) is 0 Å². The van der Waals surface area contributed by atoms with Crippen LogP contribution in [0.15, 0.2) is 72.8 Å². The highest BCUT2D eigenvalue weighted by atomic mass is 32.2. The number of sulfonamides is 1. The van der Waals surface area contributed by atoms with Crippen molar-refractivity contribution in [2.24, 2.45) is 0 Å². The zero-order chi connectivity index (χ0) is 24.0. The number of carbonyl (C=O) groups is 1. The molecular weight excluding hydrogens is 440 g/mol. The second kappa shape index (κ2) is 10.4.